The van der Waals surface area contributed by atoms with Gasteiger partial charge in [-0.1, -0.05) is 12.2 Å². The Balaban J connectivity index is 2.30. The van der Waals surface area contributed by atoms with Crippen LogP contribution >= 0.6 is 0 Å². The maximum atomic E-state index is 11.6. The van der Waals surface area contributed by atoms with Gasteiger partial charge in [0.25, 0.3) is 11.6 Å². The zero-order valence-corrected chi connectivity index (χ0v) is 10.6. The molecule has 0 unspecified atom stereocenters. The van der Waals surface area contributed by atoms with E-state index in [0.29, 0.717) is 11.3 Å². The van der Waals surface area contributed by atoms with Gasteiger partial charge in [0.2, 0.25) is 0 Å². The Bertz CT molecular complexity index is 532. The molecule has 0 radical (unpaired) electrons. The summed E-state index contributed by atoms with van der Waals surface area (Å²) in [4.78, 5) is 22.1. The van der Waals surface area contributed by atoms with E-state index in [-0.39, 0.29) is 17.6 Å². The molecule has 0 saturated carbocycles. The molecule has 0 saturated heterocycles. The van der Waals surface area contributed by atoms with Crippen molar-refractivity contribution in [3.05, 3.63) is 46.0 Å². The van der Waals surface area contributed by atoms with Crippen molar-refractivity contribution < 1.29 is 9.72 Å². The highest BCUT2D eigenvalue weighted by Crippen LogP contribution is 2.28. The second-order valence-corrected chi connectivity index (χ2v) is 4.35. The highest BCUT2D eigenvalue weighted by molar-refractivity contribution is 5.95. The molecule has 0 spiro atoms. The number of carbonyl (C=O) groups is 1. The van der Waals surface area contributed by atoms with E-state index in [0.717, 1.165) is 12.8 Å². The lowest BCUT2D eigenvalue weighted by Crippen LogP contribution is -2.20. The predicted octanol–water partition coefficient (Wildman–Crippen LogP) is 2.08. The van der Waals surface area contributed by atoms with E-state index < -0.39 is 4.92 Å². The van der Waals surface area contributed by atoms with Crippen molar-refractivity contribution in [3.63, 3.8) is 0 Å². The average molecular weight is 261 g/mol. The lowest BCUT2D eigenvalue weighted by molar-refractivity contribution is -0.384. The van der Waals surface area contributed by atoms with Gasteiger partial charge in [-0.15, -0.1) is 0 Å². The summed E-state index contributed by atoms with van der Waals surface area (Å²) in [5.74, 6) is -0.262. The van der Waals surface area contributed by atoms with Crippen molar-refractivity contribution >= 4 is 17.3 Å². The lowest BCUT2D eigenvalue weighted by Gasteiger charge is -2.14. The molecule has 0 atom stereocenters. The average Bonchev–Trinajstić information content (AvgIpc) is 2.90. The molecule has 0 aromatic heterocycles. The van der Waals surface area contributed by atoms with Crippen molar-refractivity contribution in [1.82, 2.24) is 5.32 Å². The van der Waals surface area contributed by atoms with E-state index >= 15 is 0 Å². The summed E-state index contributed by atoms with van der Waals surface area (Å²) < 4.78 is 0. The molecule has 1 aliphatic carbocycles. The molecule has 1 amide bonds. The van der Waals surface area contributed by atoms with Crippen LogP contribution < -0.4 is 10.6 Å². The minimum Gasteiger partial charge on any atom is -0.376 e. The molecule has 1 aromatic rings. The van der Waals surface area contributed by atoms with Gasteiger partial charge in [0, 0.05) is 24.7 Å². The van der Waals surface area contributed by atoms with Crippen LogP contribution in [0, 0.1) is 10.1 Å². The zero-order chi connectivity index (χ0) is 13.8. The maximum absolute atomic E-state index is 11.6. The van der Waals surface area contributed by atoms with Crippen molar-refractivity contribution in [1.29, 1.82) is 0 Å². The molecule has 19 heavy (non-hydrogen) atoms. The first-order valence-electron chi connectivity index (χ1n) is 6.04. The predicted molar refractivity (Wildman–Crippen MR) is 72.3 cm³/mol. The molecule has 0 fully saturated rings. The van der Waals surface area contributed by atoms with Crippen LogP contribution in [-0.4, -0.2) is 23.9 Å². The molecule has 0 heterocycles. The SMILES string of the molecule is CNC(=O)c1ccc([N+](=O)[O-])c(NC2CC=CC2)c1. The Labute approximate surface area is 110 Å². The number of anilines is 1. The summed E-state index contributed by atoms with van der Waals surface area (Å²) in [7, 11) is 1.53. The molecule has 0 bridgehead atoms. The maximum Gasteiger partial charge on any atom is 0.292 e. The third-order valence-corrected chi connectivity index (χ3v) is 3.05. The van der Waals surface area contributed by atoms with Gasteiger partial charge in [-0.2, -0.15) is 0 Å². The standard InChI is InChI=1S/C13H15N3O3/c1-14-13(17)9-6-7-12(16(18)19)11(8-9)15-10-4-2-3-5-10/h2-3,6-8,10,15H,4-5H2,1H3,(H,14,17). The van der Waals surface area contributed by atoms with Crippen LogP contribution in [-0.2, 0) is 0 Å². The van der Waals surface area contributed by atoms with Crippen LogP contribution in [0.25, 0.3) is 0 Å². The van der Waals surface area contributed by atoms with Crippen LogP contribution in [0.5, 0.6) is 0 Å². The van der Waals surface area contributed by atoms with E-state index in [2.05, 4.69) is 10.6 Å². The number of amides is 1. The number of hydrogen-bond donors (Lipinski definition) is 2. The van der Waals surface area contributed by atoms with E-state index in [1.807, 2.05) is 12.2 Å². The van der Waals surface area contributed by atoms with Crippen LogP contribution in [0.15, 0.2) is 30.4 Å². The molecular weight excluding hydrogens is 246 g/mol. The van der Waals surface area contributed by atoms with Crippen LogP contribution in [0.4, 0.5) is 11.4 Å². The number of benzene rings is 1. The normalized spacial score (nSPS) is 14.4. The van der Waals surface area contributed by atoms with Crippen LogP contribution in [0.1, 0.15) is 23.2 Å². The van der Waals surface area contributed by atoms with E-state index in [9.17, 15) is 14.9 Å². The molecule has 1 aromatic carbocycles. The van der Waals surface area contributed by atoms with Gasteiger partial charge in [0.15, 0.2) is 0 Å². The fraction of sp³-hybridized carbons (Fsp3) is 0.308. The molecule has 6 heteroatoms. The lowest BCUT2D eigenvalue weighted by atomic mass is 10.1. The van der Waals surface area contributed by atoms with Crippen LogP contribution in [0.2, 0.25) is 0 Å². The Hall–Kier alpha value is -2.37. The van der Waals surface area contributed by atoms with E-state index in [1.165, 1.54) is 25.2 Å². The van der Waals surface area contributed by atoms with Crippen molar-refractivity contribution in [2.75, 3.05) is 12.4 Å². The quantitative estimate of drug-likeness (QED) is 0.493. The van der Waals surface area contributed by atoms with Gasteiger partial charge in [-0.25, -0.2) is 0 Å². The highest BCUT2D eigenvalue weighted by atomic mass is 16.6. The van der Waals surface area contributed by atoms with Gasteiger partial charge in [0.05, 0.1) is 4.92 Å². The van der Waals surface area contributed by atoms with Crippen molar-refractivity contribution in [2.45, 2.75) is 18.9 Å². The molecule has 2 rings (SSSR count). The monoisotopic (exact) mass is 261 g/mol. The second kappa shape index (κ2) is 5.51. The first-order valence-corrected chi connectivity index (χ1v) is 6.04. The summed E-state index contributed by atoms with van der Waals surface area (Å²) in [6, 6.07) is 4.48. The third kappa shape index (κ3) is 2.90. The van der Waals surface area contributed by atoms with Crippen molar-refractivity contribution in [2.24, 2.45) is 0 Å². The van der Waals surface area contributed by atoms with Gasteiger partial charge in [-0.3, -0.25) is 14.9 Å². The molecular formula is C13H15N3O3. The van der Waals surface area contributed by atoms with E-state index in [1.54, 1.807) is 0 Å². The largest absolute Gasteiger partial charge is 0.376 e. The minimum absolute atomic E-state index is 0.0143. The highest BCUT2D eigenvalue weighted by Gasteiger charge is 2.19. The first-order chi connectivity index (χ1) is 9.11. The topological polar surface area (TPSA) is 84.3 Å². The second-order valence-electron chi connectivity index (χ2n) is 4.35. The number of nitro benzene ring substituents is 1. The van der Waals surface area contributed by atoms with Gasteiger partial charge >= 0.3 is 0 Å². The molecule has 0 aliphatic heterocycles. The summed E-state index contributed by atoms with van der Waals surface area (Å²) in [5, 5.41) is 16.6. The third-order valence-electron chi connectivity index (χ3n) is 3.05. The van der Waals surface area contributed by atoms with Gasteiger partial charge < -0.3 is 10.6 Å². The summed E-state index contributed by atoms with van der Waals surface area (Å²) in [6.07, 6.45) is 5.74. The fourth-order valence-corrected chi connectivity index (χ4v) is 2.05. The Morgan fingerprint density at radius 3 is 2.63 bits per heavy atom. The molecule has 2 N–H and O–H groups in total. The molecule has 1 aliphatic rings. The number of rotatable bonds is 4. The summed E-state index contributed by atoms with van der Waals surface area (Å²) in [6.45, 7) is 0. The Morgan fingerprint density at radius 1 is 1.37 bits per heavy atom. The summed E-state index contributed by atoms with van der Waals surface area (Å²) >= 11 is 0. The smallest absolute Gasteiger partial charge is 0.292 e. The van der Waals surface area contributed by atoms with Gasteiger partial charge in [-0.05, 0) is 25.0 Å². The van der Waals surface area contributed by atoms with Gasteiger partial charge in [0.1, 0.15) is 5.69 Å². The Morgan fingerprint density at radius 2 is 2.05 bits per heavy atom. The van der Waals surface area contributed by atoms with Crippen LogP contribution in [0.3, 0.4) is 0 Å². The van der Waals surface area contributed by atoms with E-state index in [4.69, 9.17) is 0 Å². The first kappa shape index (κ1) is 13.1. The number of nitro groups is 1. The fourth-order valence-electron chi connectivity index (χ4n) is 2.05. The van der Waals surface area contributed by atoms with Crippen molar-refractivity contribution in [3.8, 4) is 0 Å². The number of carbonyl (C=O) groups excluding carboxylic acids is 1. The zero-order valence-electron chi connectivity index (χ0n) is 10.6. The number of nitrogens with zero attached hydrogens (tertiary/aromatic N) is 1. The summed E-state index contributed by atoms with van der Waals surface area (Å²) in [5.41, 5.74) is 0.779. The Kier molecular flexibility index (Phi) is 3.79. The molecule has 6 nitrogen and oxygen atoms in total. The number of hydrogen-bond acceptors (Lipinski definition) is 4. The number of nitrogens with one attached hydrogen (secondary N) is 2. The minimum atomic E-state index is -0.446. The molecule has 100 valence electrons.